The predicted molar refractivity (Wildman–Crippen MR) is 124 cm³/mol. The third-order valence-electron chi connectivity index (χ3n) is 5.59. The van der Waals surface area contributed by atoms with Gasteiger partial charge in [-0.25, -0.2) is 0 Å². The van der Waals surface area contributed by atoms with Crippen LogP contribution in [-0.2, 0) is 0 Å². The molecule has 0 amide bonds. The molecule has 23 heavy (non-hydrogen) atoms. The fraction of sp³-hybridized carbons (Fsp3) is 1.00. The van der Waals surface area contributed by atoms with Crippen LogP contribution < -0.4 is 0 Å². The fourth-order valence-corrected chi connectivity index (χ4v) is 8.24. The molecule has 0 aliphatic rings. The van der Waals surface area contributed by atoms with E-state index in [1.807, 2.05) is 0 Å². The summed E-state index contributed by atoms with van der Waals surface area (Å²) < 4.78 is 0. The van der Waals surface area contributed by atoms with E-state index in [2.05, 4.69) is 54.6 Å². The molecule has 0 heterocycles. The number of hydrogen-bond acceptors (Lipinski definition) is 0. The Hall–Kier alpha value is 0.860. The van der Waals surface area contributed by atoms with E-state index in [9.17, 15) is 0 Å². The van der Waals surface area contributed by atoms with Crippen LogP contribution in [0.2, 0.25) is 0 Å². The normalized spacial score (nSPS) is 13.4. The Balaban J connectivity index is 0. The summed E-state index contributed by atoms with van der Waals surface area (Å²) in [6.07, 6.45) is 19.2. The first-order valence-corrected chi connectivity index (χ1v) is 17.3. The Morgan fingerprint density at radius 1 is 0.478 bits per heavy atom. The second-order valence-corrected chi connectivity index (χ2v) is 20.0. The van der Waals surface area contributed by atoms with Crippen LogP contribution in [0.5, 0.6) is 0 Å². The Kier molecular flexibility index (Phi) is 18.5. The van der Waals surface area contributed by atoms with Crippen molar-refractivity contribution in [3.8, 4) is 0 Å². The Morgan fingerprint density at radius 2 is 0.913 bits per heavy atom. The van der Waals surface area contributed by atoms with Gasteiger partial charge < -0.3 is 0 Å². The van der Waals surface area contributed by atoms with Crippen LogP contribution in [0.25, 0.3) is 0 Å². The van der Waals surface area contributed by atoms with Gasteiger partial charge in [-0.15, -0.1) is 0 Å². The second kappa shape index (κ2) is 16.3. The van der Waals surface area contributed by atoms with E-state index in [1.165, 1.54) is 76.0 Å². The predicted octanol–water partition coefficient (Wildman–Crippen LogP) is 7.58. The second-order valence-electron chi connectivity index (χ2n) is 8.74. The monoisotopic (exact) mass is 366 g/mol. The summed E-state index contributed by atoms with van der Waals surface area (Å²) in [7, 11) is -1.46. The third-order valence-corrected chi connectivity index (χ3v) is 13.4. The molecule has 0 aromatic heterocycles. The van der Waals surface area contributed by atoms with Crippen molar-refractivity contribution in [2.24, 2.45) is 0 Å². The summed E-state index contributed by atoms with van der Waals surface area (Å²) in [4.78, 5) is 0. The van der Waals surface area contributed by atoms with Gasteiger partial charge in [0.2, 0.25) is 0 Å². The van der Waals surface area contributed by atoms with Gasteiger partial charge in [0.1, 0.15) is 0 Å². The van der Waals surface area contributed by atoms with Gasteiger partial charge in [-0.05, 0) is 0 Å². The van der Waals surface area contributed by atoms with Gasteiger partial charge in [0.05, 0.1) is 0 Å². The molecule has 0 rings (SSSR count). The molecule has 0 saturated carbocycles. The summed E-state index contributed by atoms with van der Waals surface area (Å²) in [6.45, 7) is 19.1. The van der Waals surface area contributed by atoms with Crippen molar-refractivity contribution in [1.82, 2.24) is 0 Å². The Bertz CT molecular complexity index is 218. The van der Waals surface area contributed by atoms with E-state index in [0.29, 0.717) is 0 Å². The standard InChI is InChI=1S/C14H33P.C7H19P/c1-5-9-10-11-12-13-14-15(6-2,7-3)8-4;1-5-6-7-8(2,3)4/h15H,5-14H2,1-4H3;8H,5-7H2,1-4H3. The molecule has 0 radical (unpaired) electrons. The van der Waals surface area contributed by atoms with Gasteiger partial charge in [0.15, 0.2) is 0 Å². The summed E-state index contributed by atoms with van der Waals surface area (Å²) in [5, 5.41) is 0. The maximum atomic E-state index is 2.43. The Labute approximate surface area is 151 Å². The summed E-state index contributed by atoms with van der Waals surface area (Å²) >= 11 is 0. The first-order valence-electron chi connectivity index (χ1n) is 10.8. The first kappa shape index (κ1) is 26.1. The maximum absolute atomic E-state index is 2.43. The summed E-state index contributed by atoms with van der Waals surface area (Å²) in [5.41, 5.74) is 0. The van der Waals surface area contributed by atoms with Crippen LogP contribution >= 0.6 is 14.5 Å². The molecule has 2 heteroatoms. The average Bonchev–Trinajstić information content (AvgIpc) is 2.53. The van der Waals surface area contributed by atoms with Gasteiger partial charge in [0, 0.05) is 0 Å². The van der Waals surface area contributed by atoms with Crippen molar-refractivity contribution >= 4 is 14.5 Å². The molecule has 0 aromatic carbocycles. The topological polar surface area (TPSA) is 0 Å². The first-order chi connectivity index (χ1) is 10.8. The van der Waals surface area contributed by atoms with Gasteiger partial charge in [0.25, 0.3) is 0 Å². The van der Waals surface area contributed by atoms with Gasteiger partial charge in [-0.2, -0.15) is 0 Å². The molecule has 0 unspecified atom stereocenters. The molecule has 146 valence electrons. The minimum atomic E-state index is -0.786. The fourth-order valence-electron chi connectivity index (χ4n) is 3.27. The molecule has 0 bridgehead atoms. The van der Waals surface area contributed by atoms with E-state index in [1.54, 1.807) is 6.16 Å². The van der Waals surface area contributed by atoms with E-state index in [0.717, 1.165) is 0 Å². The van der Waals surface area contributed by atoms with Crippen molar-refractivity contribution in [1.29, 1.82) is 0 Å². The molecular weight excluding hydrogens is 314 g/mol. The number of unbranched alkanes of at least 4 members (excludes halogenated alkanes) is 6. The molecule has 0 saturated heterocycles. The molecule has 0 aliphatic heterocycles. The van der Waals surface area contributed by atoms with Crippen LogP contribution in [0.1, 0.15) is 86.0 Å². The number of rotatable bonds is 13. The number of hydrogen-bond donors (Lipinski definition) is 0. The van der Waals surface area contributed by atoms with Crippen LogP contribution in [0.4, 0.5) is 0 Å². The van der Waals surface area contributed by atoms with Crippen molar-refractivity contribution in [3.63, 3.8) is 0 Å². The van der Waals surface area contributed by atoms with Crippen LogP contribution in [0, 0.1) is 0 Å². The third kappa shape index (κ3) is 17.5. The zero-order valence-electron chi connectivity index (χ0n) is 18.2. The van der Waals surface area contributed by atoms with Gasteiger partial charge in [-0.1, -0.05) is 0 Å². The van der Waals surface area contributed by atoms with Crippen molar-refractivity contribution < 1.29 is 0 Å². The molecule has 0 nitrogen and oxygen atoms in total. The van der Waals surface area contributed by atoms with Crippen LogP contribution in [-0.4, -0.2) is 50.8 Å². The molecule has 0 aromatic rings. The molecule has 0 N–H and O–H groups in total. The molecule has 0 aliphatic carbocycles. The van der Waals surface area contributed by atoms with Crippen LogP contribution in [0.3, 0.4) is 0 Å². The molecule has 0 spiro atoms. The SMILES string of the molecule is CCCCCCCC[PH](CC)(CC)CC.CCCC[PH](C)(C)C. The minimum absolute atomic E-state index is 0.678. The van der Waals surface area contributed by atoms with Crippen molar-refractivity contribution in [2.75, 3.05) is 50.8 Å². The van der Waals surface area contributed by atoms with E-state index >= 15 is 0 Å². The quantitative estimate of drug-likeness (QED) is 0.233. The van der Waals surface area contributed by atoms with E-state index in [4.69, 9.17) is 0 Å². The zero-order chi connectivity index (χ0) is 18.2. The van der Waals surface area contributed by atoms with Crippen molar-refractivity contribution in [2.45, 2.75) is 86.0 Å². The summed E-state index contributed by atoms with van der Waals surface area (Å²) in [5.74, 6) is 0. The molecular formula is C21H52P2. The molecule has 0 fully saturated rings. The van der Waals surface area contributed by atoms with E-state index in [-0.39, 0.29) is 0 Å². The average molecular weight is 367 g/mol. The van der Waals surface area contributed by atoms with Gasteiger partial charge in [-0.3, -0.25) is 0 Å². The van der Waals surface area contributed by atoms with E-state index < -0.39 is 14.5 Å². The zero-order valence-corrected chi connectivity index (χ0v) is 20.2. The Morgan fingerprint density at radius 3 is 1.26 bits per heavy atom. The van der Waals surface area contributed by atoms with Gasteiger partial charge >= 0.3 is 151 Å². The van der Waals surface area contributed by atoms with Crippen molar-refractivity contribution in [3.05, 3.63) is 0 Å². The molecule has 0 atom stereocenters. The summed E-state index contributed by atoms with van der Waals surface area (Å²) in [6, 6.07) is 0. The van der Waals surface area contributed by atoms with Crippen LogP contribution in [0.15, 0.2) is 0 Å².